The van der Waals surface area contributed by atoms with Gasteiger partial charge in [-0.05, 0) is 42.2 Å². The van der Waals surface area contributed by atoms with Crippen LogP contribution in [0.2, 0.25) is 0 Å². The van der Waals surface area contributed by atoms with Crippen LogP contribution in [0.3, 0.4) is 0 Å². The highest BCUT2D eigenvalue weighted by Gasteiger charge is 2.16. The second-order valence-electron chi connectivity index (χ2n) is 9.56. The Morgan fingerprint density at radius 2 is 1.70 bits per heavy atom. The monoisotopic (exact) mass is 555 g/mol. The SMILES string of the molecule is COc1ccc(CCN(C)C(=O)CCCSc2nnc3c4ccccc4n(Cc4ccccc4)c3n2)cc1OC. The largest absolute Gasteiger partial charge is 0.493 e. The smallest absolute Gasteiger partial charge is 0.222 e. The van der Waals surface area contributed by atoms with E-state index in [1.165, 1.54) is 17.3 Å². The fourth-order valence-corrected chi connectivity index (χ4v) is 5.43. The van der Waals surface area contributed by atoms with Gasteiger partial charge in [0, 0.05) is 37.7 Å². The predicted octanol–water partition coefficient (Wildman–Crippen LogP) is 5.62. The number of thioether (sulfide) groups is 1. The molecule has 0 bridgehead atoms. The summed E-state index contributed by atoms with van der Waals surface area (Å²) in [5.74, 6) is 2.26. The summed E-state index contributed by atoms with van der Waals surface area (Å²) >= 11 is 1.54. The number of ether oxygens (including phenoxy) is 2. The van der Waals surface area contributed by atoms with Gasteiger partial charge >= 0.3 is 0 Å². The van der Waals surface area contributed by atoms with E-state index in [0.29, 0.717) is 36.2 Å². The number of benzene rings is 3. The van der Waals surface area contributed by atoms with Crippen molar-refractivity contribution in [1.29, 1.82) is 0 Å². The molecule has 0 saturated carbocycles. The molecule has 5 aromatic rings. The maximum absolute atomic E-state index is 12.7. The van der Waals surface area contributed by atoms with Crippen LogP contribution < -0.4 is 9.47 Å². The predicted molar refractivity (Wildman–Crippen MR) is 159 cm³/mol. The van der Waals surface area contributed by atoms with E-state index in [9.17, 15) is 4.79 Å². The van der Waals surface area contributed by atoms with Crippen molar-refractivity contribution >= 4 is 39.7 Å². The van der Waals surface area contributed by atoms with Crippen molar-refractivity contribution < 1.29 is 14.3 Å². The molecule has 0 unspecified atom stereocenters. The van der Waals surface area contributed by atoms with Crippen LogP contribution in [0.15, 0.2) is 78.0 Å². The van der Waals surface area contributed by atoms with Crippen molar-refractivity contribution in [3.05, 3.63) is 83.9 Å². The van der Waals surface area contributed by atoms with E-state index in [2.05, 4.69) is 39.0 Å². The number of aromatic nitrogens is 4. The quantitative estimate of drug-likeness (QED) is 0.146. The molecule has 0 N–H and O–H groups in total. The Morgan fingerprint density at radius 3 is 2.50 bits per heavy atom. The van der Waals surface area contributed by atoms with Crippen LogP contribution in [-0.4, -0.2) is 64.1 Å². The summed E-state index contributed by atoms with van der Waals surface area (Å²) in [5, 5.41) is 10.6. The van der Waals surface area contributed by atoms with Gasteiger partial charge in [-0.25, -0.2) is 4.98 Å². The van der Waals surface area contributed by atoms with Crippen molar-refractivity contribution in [2.45, 2.75) is 31.0 Å². The van der Waals surface area contributed by atoms with E-state index < -0.39 is 0 Å². The summed E-state index contributed by atoms with van der Waals surface area (Å²) in [7, 11) is 5.09. The third-order valence-corrected chi connectivity index (χ3v) is 7.84. The van der Waals surface area contributed by atoms with Gasteiger partial charge in [0.2, 0.25) is 11.1 Å². The van der Waals surface area contributed by atoms with Gasteiger partial charge in [-0.15, -0.1) is 10.2 Å². The first-order valence-electron chi connectivity index (χ1n) is 13.3. The van der Waals surface area contributed by atoms with Crippen LogP contribution in [0.25, 0.3) is 22.1 Å². The third kappa shape index (κ3) is 6.20. The number of fused-ring (bicyclic) bond motifs is 3. The van der Waals surface area contributed by atoms with Gasteiger partial charge < -0.3 is 18.9 Å². The molecule has 0 fully saturated rings. The molecule has 206 valence electrons. The highest BCUT2D eigenvalue weighted by molar-refractivity contribution is 7.99. The number of rotatable bonds is 12. The van der Waals surface area contributed by atoms with Crippen molar-refractivity contribution in [2.75, 3.05) is 33.6 Å². The number of hydrogen-bond donors (Lipinski definition) is 0. The lowest BCUT2D eigenvalue weighted by Crippen LogP contribution is -2.28. The summed E-state index contributed by atoms with van der Waals surface area (Å²) in [4.78, 5) is 19.4. The second kappa shape index (κ2) is 12.8. The molecule has 0 aliphatic carbocycles. The molecule has 2 aromatic heterocycles. The van der Waals surface area contributed by atoms with Gasteiger partial charge in [0.25, 0.3) is 0 Å². The zero-order chi connectivity index (χ0) is 27.9. The van der Waals surface area contributed by atoms with Crippen LogP contribution in [0.5, 0.6) is 11.5 Å². The van der Waals surface area contributed by atoms with Gasteiger partial charge in [0.1, 0.15) is 5.52 Å². The van der Waals surface area contributed by atoms with Gasteiger partial charge in [-0.1, -0.05) is 66.4 Å². The molecular weight excluding hydrogens is 522 g/mol. The van der Waals surface area contributed by atoms with Crippen molar-refractivity contribution in [2.24, 2.45) is 0 Å². The van der Waals surface area contributed by atoms with Crippen LogP contribution in [0.1, 0.15) is 24.0 Å². The molecular formula is C31H33N5O3S. The Hall–Kier alpha value is -4.11. The average molecular weight is 556 g/mol. The van der Waals surface area contributed by atoms with Gasteiger partial charge in [0.05, 0.1) is 19.7 Å². The van der Waals surface area contributed by atoms with Crippen LogP contribution in [-0.2, 0) is 17.8 Å². The summed E-state index contributed by atoms with van der Waals surface area (Å²) < 4.78 is 12.9. The molecule has 0 aliphatic rings. The number of amides is 1. The molecule has 2 heterocycles. The molecule has 0 radical (unpaired) electrons. The molecule has 8 nitrogen and oxygen atoms in total. The molecule has 0 aliphatic heterocycles. The Labute approximate surface area is 238 Å². The lowest BCUT2D eigenvalue weighted by atomic mass is 10.1. The van der Waals surface area contributed by atoms with Gasteiger partial charge in [0.15, 0.2) is 17.1 Å². The number of carbonyl (C=O) groups is 1. The maximum atomic E-state index is 12.7. The van der Waals surface area contributed by atoms with Crippen LogP contribution in [0, 0.1) is 0 Å². The first-order valence-corrected chi connectivity index (χ1v) is 14.3. The number of likely N-dealkylation sites (N-methyl/N-ethyl adjacent to an activating group) is 1. The normalized spacial score (nSPS) is 11.2. The molecule has 5 rings (SSSR count). The molecule has 40 heavy (non-hydrogen) atoms. The van der Waals surface area contributed by atoms with Gasteiger partial charge in [-0.2, -0.15) is 0 Å². The summed E-state index contributed by atoms with van der Waals surface area (Å²) in [5.41, 5.74) is 5.02. The minimum atomic E-state index is 0.124. The van der Waals surface area contributed by atoms with Crippen LogP contribution in [0.4, 0.5) is 0 Å². The highest BCUT2D eigenvalue weighted by Crippen LogP contribution is 2.29. The van der Waals surface area contributed by atoms with Crippen molar-refractivity contribution in [3.8, 4) is 11.5 Å². The Kier molecular flexibility index (Phi) is 8.81. The second-order valence-corrected chi connectivity index (χ2v) is 10.6. The topological polar surface area (TPSA) is 82.4 Å². The molecule has 3 aromatic carbocycles. The minimum absolute atomic E-state index is 0.124. The van der Waals surface area contributed by atoms with E-state index in [1.807, 2.05) is 55.6 Å². The number of nitrogens with zero attached hydrogens (tertiary/aromatic N) is 5. The fourth-order valence-electron chi connectivity index (χ4n) is 4.71. The Bertz CT molecular complexity index is 1610. The first-order chi connectivity index (χ1) is 19.6. The average Bonchev–Trinajstić information content (AvgIpc) is 3.30. The van der Waals surface area contributed by atoms with E-state index in [0.717, 1.165) is 46.2 Å². The van der Waals surface area contributed by atoms with Crippen molar-refractivity contribution in [1.82, 2.24) is 24.6 Å². The Morgan fingerprint density at radius 1 is 0.925 bits per heavy atom. The Balaban J connectivity index is 1.17. The lowest BCUT2D eigenvalue weighted by Gasteiger charge is -2.17. The highest BCUT2D eigenvalue weighted by atomic mass is 32.2. The zero-order valence-corrected chi connectivity index (χ0v) is 23.9. The van der Waals surface area contributed by atoms with E-state index >= 15 is 0 Å². The minimum Gasteiger partial charge on any atom is -0.493 e. The fraction of sp³-hybridized carbons (Fsp3) is 0.290. The zero-order valence-electron chi connectivity index (χ0n) is 23.0. The molecule has 0 saturated heterocycles. The number of para-hydroxylation sites is 1. The molecule has 0 spiro atoms. The van der Waals surface area contributed by atoms with E-state index in [4.69, 9.17) is 14.5 Å². The summed E-state index contributed by atoms with van der Waals surface area (Å²) in [6.45, 7) is 1.34. The molecule has 1 amide bonds. The van der Waals surface area contributed by atoms with Crippen molar-refractivity contribution in [3.63, 3.8) is 0 Å². The standard InChI is InChI=1S/C31H33N5O3S/c1-35(18-17-22-15-16-26(38-2)27(20-22)39-3)28(37)14-9-19-40-31-32-30-29(33-34-31)24-12-7-8-13-25(24)36(30)21-23-10-5-4-6-11-23/h4-8,10-13,15-16,20H,9,14,17-19,21H2,1-3H3. The first kappa shape index (κ1) is 27.5. The van der Waals surface area contributed by atoms with E-state index in [1.54, 1.807) is 19.1 Å². The number of hydrogen-bond acceptors (Lipinski definition) is 7. The lowest BCUT2D eigenvalue weighted by molar-refractivity contribution is -0.129. The molecule has 0 atom stereocenters. The number of methoxy groups -OCH3 is 2. The third-order valence-electron chi connectivity index (χ3n) is 6.91. The summed E-state index contributed by atoms with van der Waals surface area (Å²) in [6.07, 6.45) is 1.95. The number of carbonyl (C=O) groups excluding carboxylic acids is 1. The summed E-state index contributed by atoms with van der Waals surface area (Å²) in [6, 6.07) is 24.4. The van der Waals surface area contributed by atoms with Gasteiger partial charge in [-0.3, -0.25) is 4.79 Å². The molecule has 9 heteroatoms. The maximum Gasteiger partial charge on any atom is 0.222 e. The van der Waals surface area contributed by atoms with Crippen LogP contribution >= 0.6 is 11.8 Å². The van der Waals surface area contributed by atoms with E-state index in [-0.39, 0.29) is 5.91 Å².